The molecule has 4 rings (SSSR count). The summed E-state index contributed by atoms with van der Waals surface area (Å²) in [5, 5.41) is 3.12. The number of nitrogens with one attached hydrogen (secondary N) is 1. The fourth-order valence-electron chi connectivity index (χ4n) is 2.52. The number of aromatic nitrogens is 4. The lowest BCUT2D eigenvalue weighted by Crippen LogP contribution is -2.12. The second kappa shape index (κ2) is 6.87. The van der Waals surface area contributed by atoms with E-state index >= 15 is 0 Å². The van der Waals surface area contributed by atoms with Crippen LogP contribution >= 0.6 is 0 Å². The minimum Gasteiger partial charge on any atom is -0.497 e. The van der Waals surface area contributed by atoms with Crippen LogP contribution in [0.5, 0.6) is 5.75 Å². The quantitative estimate of drug-likeness (QED) is 0.599. The van der Waals surface area contributed by atoms with Crippen LogP contribution in [0.4, 0.5) is 5.82 Å². The molecule has 0 bridgehead atoms. The molecule has 134 valence electrons. The predicted octanol–water partition coefficient (Wildman–Crippen LogP) is 3.29. The summed E-state index contributed by atoms with van der Waals surface area (Å²) in [6.07, 6.45) is 6.46. The molecule has 4 aromatic rings. The van der Waals surface area contributed by atoms with Crippen LogP contribution in [0, 0.1) is 0 Å². The van der Waals surface area contributed by atoms with Crippen LogP contribution in [0.3, 0.4) is 0 Å². The van der Waals surface area contributed by atoms with Gasteiger partial charge in [-0.15, -0.1) is 0 Å². The first-order valence-corrected chi connectivity index (χ1v) is 7.79. The van der Waals surface area contributed by atoms with Crippen LogP contribution in [-0.2, 0) is 7.05 Å². The van der Waals surface area contributed by atoms with Crippen molar-refractivity contribution in [2.24, 2.45) is 7.05 Å². The highest BCUT2D eigenvalue weighted by Crippen LogP contribution is 2.23. The fraction of sp³-hybridized carbons (Fsp3) is 0.100. The lowest BCUT2D eigenvalue weighted by molar-refractivity contribution is 0.102. The molecule has 27 heavy (non-hydrogen) atoms. The number of benzene rings is 1. The van der Waals surface area contributed by atoms with E-state index in [1.165, 1.54) is 6.20 Å². The van der Waals surface area contributed by atoms with Gasteiger partial charge in [0.05, 0.1) is 46.6 Å². The number of anilines is 1. The van der Waals surface area contributed by atoms with Crippen molar-refractivity contribution in [2.75, 3.05) is 12.4 Å². The van der Waals surface area contributed by atoms with E-state index in [-0.39, 0.29) is 5.82 Å². The minimum absolute atomic E-state index is 0.0983. The Morgan fingerprint density at radius 3 is 2.78 bits per heavy atom. The van der Waals surface area contributed by atoms with Crippen LogP contribution in [-0.4, -0.2) is 32.5 Å². The number of methoxy groups -OCH3 is 1. The third kappa shape index (κ3) is 3.35. The molecule has 1 amide bonds. The standard InChI is InChI=1S/C20H17N5O2/c1-25-12-21-11-18(25)15-7-14-8-19(23-10-17(14)22-9-15)24-20(26)13-3-5-16(27-2)6-4-13/h3-12H,1-2H3,(H,23,24,26)/i2D3,3D,4D,5D,6D. The number of fused-ring (bicyclic) bond motifs is 1. The SMILES string of the molecule is [2H]c1c([2H])c(C(=O)Nc2cc3cc(-c4cncn4C)cnc3cn2)c([2H])c([2H])c1OC([2H])([2H])[2H]. The van der Waals surface area contributed by atoms with Crippen LogP contribution in [0.1, 0.15) is 20.0 Å². The summed E-state index contributed by atoms with van der Waals surface area (Å²) in [7, 11) is -1.14. The van der Waals surface area contributed by atoms with Crippen molar-refractivity contribution in [1.82, 2.24) is 19.5 Å². The Bertz CT molecular complexity index is 1410. The normalized spacial score (nSPS) is 14.9. The van der Waals surface area contributed by atoms with E-state index in [0.717, 1.165) is 11.3 Å². The number of carbonyl (C=O) groups is 1. The topological polar surface area (TPSA) is 81.9 Å². The Labute approximate surface area is 165 Å². The van der Waals surface area contributed by atoms with E-state index < -0.39 is 48.4 Å². The van der Waals surface area contributed by atoms with Gasteiger partial charge in [-0.2, -0.15) is 0 Å². The molecule has 0 aliphatic carbocycles. The van der Waals surface area contributed by atoms with Gasteiger partial charge in [0.1, 0.15) is 11.6 Å². The summed E-state index contributed by atoms with van der Waals surface area (Å²) < 4.78 is 60.0. The molecule has 0 radical (unpaired) electrons. The molecule has 3 aromatic heterocycles. The van der Waals surface area contributed by atoms with Crippen LogP contribution < -0.4 is 10.1 Å². The van der Waals surface area contributed by atoms with E-state index in [1.54, 1.807) is 24.8 Å². The van der Waals surface area contributed by atoms with Gasteiger partial charge in [0.15, 0.2) is 0 Å². The number of imidazole rings is 1. The third-order valence-corrected chi connectivity index (χ3v) is 3.85. The summed E-state index contributed by atoms with van der Waals surface area (Å²) in [5.74, 6) is -1.61. The number of pyridine rings is 2. The van der Waals surface area contributed by atoms with E-state index in [0.29, 0.717) is 10.9 Å². The number of hydrogen-bond acceptors (Lipinski definition) is 5. The minimum atomic E-state index is -2.98. The van der Waals surface area contributed by atoms with Gasteiger partial charge >= 0.3 is 0 Å². The first-order valence-electron chi connectivity index (χ1n) is 11.3. The Balaban J connectivity index is 1.68. The van der Waals surface area contributed by atoms with Gasteiger partial charge in [0, 0.05) is 29.8 Å². The lowest BCUT2D eigenvalue weighted by Gasteiger charge is -2.08. The monoisotopic (exact) mass is 366 g/mol. The second-order valence-electron chi connectivity index (χ2n) is 5.64. The molecule has 0 saturated heterocycles. The van der Waals surface area contributed by atoms with Crippen molar-refractivity contribution in [3.05, 3.63) is 66.8 Å². The van der Waals surface area contributed by atoms with Gasteiger partial charge in [-0.1, -0.05) is 0 Å². The molecule has 0 saturated carbocycles. The van der Waals surface area contributed by atoms with Gasteiger partial charge in [-0.3, -0.25) is 9.78 Å². The molecule has 0 spiro atoms. The van der Waals surface area contributed by atoms with Crippen LogP contribution in [0.25, 0.3) is 22.2 Å². The average Bonchev–Trinajstić information content (AvgIpc) is 3.20. The Morgan fingerprint density at radius 1 is 1.19 bits per heavy atom. The highest BCUT2D eigenvalue weighted by Gasteiger charge is 2.09. The molecule has 3 heterocycles. The zero-order chi connectivity index (χ0) is 24.8. The van der Waals surface area contributed by atoms with Crippen molar-refractivity contribution < 1.29 is 19.1 Å². The van der Waals surface area contributed by atoms with Crippen molar-refractivity contribution in [1.29, 1.82) is 0 Å². The van der Waals surface area contributed by atoms with Gasteiger partial charge in [0.25, 0.3) is 5.91 Å². The van der Waals surface area contributed by atoms with Gasteiger partial charge in [-0.25, -0.2) is 9.97 Å². The maximum Gasteiger partial charge on any atom is 0.256 e. The van der Waals surface area contributed by atoms with Crippen molar-refractivity contribution in [3.8, 4) is 17.0 Å². The van der Waals surface area contributed by atoms with Crippen molar-refractivity contribution in [3.63, 3.8) is 0 Å². The lowest BCUT2D eigenvalue weighted by atomic mass is 10.1. The summed E-state index contributed by atoms with van der Waals surface area (Å²) in [6, 6.07) is 0.366. The zero-order valence-electron chi connectivity index (χ0n) is 21.1. The van der Waals surface area contributed by atoms with E-state index in [2.05, 4.69) is 25.0 Å². The molecule has 0 atom stereocenters. The predicted molar refractivity (Wildman–Crippen MR) is 103 cm³/mol. The largest absolute Gasteiger partial charge is 0.497 e. The average molecular weight is 366 g/mol. The molecule has 1 aromatic carbocycles. The molecule has 7 nitrogen and oxygen atoms in total. The first-order chi connectivity index (χ1) is 16.0. The second-order valence-corrected chi connectivity index (χ2v) is 5.64. The zero-order valence-corrected chi connectivity index (χ0v) is 14.1. The van der Waals surface area contributed by atoms with Gasteiger partial charge < -0.3 is 14.6 Å². The Hall–Kier alpha value is -3.74. The molecule has 0 unspecified atom stereocenters. The number of hydrogen-bond donors (Lipinski definition) is 1. The Kier molecular flexibility index (Phi) is 2.65. The molecule has 1 N–H and O–H groups in total. The summed E-state index contributed by atoms with van der Waals surface area (Å²) in [4.78, 5) is 25.4. The number of carbonyl (C=O) groups excluding carboxylic acids is 1. The molecular formula is C20H17N5O2. The number of aryl methyl sites for hydroxylation is 1. The van der Waals surface area contributed by atoms with Crippen LogP contribution in [0.15, 0.2) is 61.2 Å². The molecule has 0 aliphatic heterocycles. The molecule has 7 heteroatoms. The molecule has 0 fully saturated rings. The molecular weight excluding hydrogens is 342 g/mol. The number of nitrogens with zero attached hydrogens (tertiary/aromatic N) is 4. The number of rotatable bonds is 4. The summed E-state index contributed by atoms with van der Waals surface area (Å²) >= 11 is 0. The van der Waals surface area contributed by atoms with Crippen LogP contribution in [0.2, 0.25) is 0 Å². The summed E-state index contributed by atoms with van der Waals surface area (Å²) in [5.41, 5.74) is 1.62. The number of ether oxygens (including phenoxy) is 1. The summed E-state index contributed by atoms with van der Waals surface area (Å²) in [6.45, 7) is 0. The molecule has 0 aliphatic rings. The van der Waals surface area contributed by atoms with E-state index in [9.17, 15) is 4.79 Å². The maximum atomic E-state index is 12.9. The highest BCUT2D eigenvalue weighted by atomic mass is 16.5. The fourth-order valence-corrected chi connectivity index (χ4v) is 2.52. The first kappa shape index (κ1) is 10.4. The van der Waals surface area contributed by atoms with Gasteiger partial charge in [-0.05, 0) is 36.3 Å². The third-order valence-electron chi connectivity index (χ3n) is 3.85. The smallest absolute Gasteiger partial charge is 0.256 e. The van der Waals surface area contributed by atoms with Crippen molar-refractivity contribution >= 4 is 22.6 Å². The maximum absolute atomic E-state index is 12.9. The van der Waals surface area contributed by atoms with E-state index in [1.807, 2.05) is 17.7 Å². The Morgan fingerprint density at radius 2 is 2.04 bits per heavy atom. The highest BCUT2D eigenvalue weighted by molar-refractivity contribution is 6.04. The van der Waals surface area contributed by atoms with Crippen molar-refractivity contribution in [2.45, 2.75) is 0 Å². The van der Waals surface area contributed by atoms with E-state index in [4.69, 9.17) is 9.60 Å². The number of amides is 1. The van der Waals surface area contributed by atoms with Gasteiger partial charge in [0.2, 0.25) is 0 Å².